The van der Waals surface area contributed by atoms with E-state index in [0.717, 1.165) is 12.7 Å². The largest absolute Gasteiger partial charge is 0.310 e. The molecule has 0 amide bonds. The molecule has 1 rings (SSSR count). The van der Waals surface area contributed by atoms with Crippen LogP contribution in [0.3, 0.4) is 0 Å². The van der Waals surface area contributed by atoms with E-state index < -0.39 is 0 Å². The van der Waals surface area contributed by atoms with Crippen molar-refractivity contribution in [2.24, 2.45) is 0 Å². The zero-order chi connectivity index (χ0) is 8.81. The fraction of sp³-hybridized carbons (Fsp3) is 0.400. The van der Waals surface area contributed by atoms with Crippen LogP contribution in [0.15, 0.2) is 30.3 Å². The third-order valence-corrected chi connectivity index (χ3v) is 2.18. The molecular formula is C10H16NP. The molecule has 0 bridgehead atoms. The standard InChI is InChI=1S/C10H16NP/c1-9(11-7-8-12)10-5-3-2-4-6-10/h2-6,9,11H,7-8,12H2,1H3/t9-/m1/s1. The van der Waals surface area contributed by atoms with Gasteiger partial charge in [0, 0.05) is 6.04 Å². The molecule has 0 heterocycles. The monoisotopic (exact) mass is 181 g/mol. The Kier molecular flexibility index (Phi) is 4.27. The third-order valence-electron chi connectivity index (χ3n) is 1.89. The number of hydrogen-bond donors (Lipinski definition) is 1. The Balaban J connectivity index is 2.48. The van der Waals surface area contributed by atoms with Crippen LogP contribution in [-0.4, -0.2) is 12.7 Å². The van der Waals surface area contributed by atoms with Gasteiger partial charge in [-0.3, -0.25) is 0 Å². The first-order valence-electron chi connectivity index (χ1n) is 4.33. The quantitative estimate of drug-likeness (QED) is 0.702. The van der Waals surface area contributed by atoms with Gasteiger partial charge in [-0.2, -0.15) is 0 Å². The highest BCUT2D eigenvalue weighted by molar-refractivity contribution is 7.16. The van der Waals surface area contributed by atoms with E-state index in [0.29, 0.717) is 6.04 Å². The lowest BCUT2D eigenvalue weighted by molar-refractivity contribution is 0.601. The van der Waals surface area contributed by atoms with Gasteiger partial charge < -0.3 is 5.32 Å². The van der Waals surface area contributed by atoms with Gasteiger partial charge in [0.25, 0.3) is 0 Å². The SMILES string of the molecule is C[C@@H](NCCP)c1ccccc1. The zero-order valence-corrected chi connectivity index (χ0v) is 8.61. The Morgan fingerprint density at radius 2 is 2.00 bits per heavy atom. The van der Waals surface area contributed by atoms with Crippen molar-refractivity contribution in [2.75, 3.05) is 12.7 Å². The molecule has 0 saturated carbocycles. The highest BCUT2D eigenvalue weighted by atomic mass is 31.0. The van der Waals surface area contributed by atoms with E-state index in [-0.39, 0.29) is 0 Å². The second kappa shape index (κ2) is 5.29. The highest BCUT2D eigenvalue weighted by Gasteiger charge is 2.00. The van der Waals surface area contributed by atoms with E-state index in [1.807, 2.05) is 6.07 Å². The Morgan fingerprint density at radius 1 is 1.33 bits per heavy atom. The molecular weight excluding hydrogens is 165 g/mol. The maximum absolute atomic E-state index is 3.43. The summed E-state index contributed by atoms with van der Waals surface area (Å²) >= 11 is 0. The predicted molar refractivity (Wildman–Crippen MR) is 57.4 cm³/mol. The first kappa shape index (κ1) is 9.70. The number of hydrogen-bond acceptors (Lipinski definition) is 1. The Morgan fingerprint density at radius 3 is 2.58 bits per heavy atom. The van der Waals surface area contributed by atoms with E-state index in [1.165, 1.54) is 5.56 Å². The summed E-state index contributed by atoms with van der Waals surface area (Å²) in [7, 11) is 2.72. The van der Waals surface area contributed by atoms with E-state index in [2.05, 4.69) is 45.7 Å². The van der Waals surface area contributed by atoms with Crippen molar-refractivity contribution in [3.05, 3.63) is 35.9 Å². The van der Waals surface area contributed by atoms with Crippen LogP contribution < -0.4 is 5.32 Å². The average molecular weight is 181 g/mol. The van der Waals surface area contributed by atoms with Crippen LogP contribution in [0, 0.1) is 0 Å². The minimum absolute atomic E-state index is 0.465. The van der Waals surface area contributed by atoms with Gasteiger partial charge in [0.1, 0.15) is 0 Å². The maximum atomic E-state index is 3.43. The average Bonchev–Trinajstić information content (AvgIpc) is 2.15. The fourth-order valence-electron chi connectivity index (χ4n) is 1.16. The maximum Gasteiger partial charge on any atom is 0.0291 e. The molecule has 1 aromatic rings. The number of rotatable bonds is 4. The van der Waals surface area contributed by atoms with Crippen LogP contribution in [0.4, 0.5) is 0 Å². The summed E-state index contributed by atoms with van der Waals surface area (Å²) in [6.45, 7) is 3.25. The fourth-order valence-corrected chi connectivity index (χ4v) is 1.33. The third kappa shape index (κ3) is 2.92. The zero-order valence-electron chi connectivity index (χ0n) is 7.46. The van der Waals surface area contributed by atoms with Crippen LogP contribution in [0.1, 0.15) is 18.5 Å². The highest BCUT2D eigenvalue weighted by Crippen LogP contribution is 2.10. The molecule has 0 aliphatic rings. The normalized spacial score (nSPS) is 12.8. The van der Waals surface area contributed by atoms with Crippen molar-refractivity contribution >= 4 is 9.24 Å². The lowest BCUT2D eigenvalue weighted by atomic mass is 10.1. The van der Waals surface area contributed by atoms with Crippen molar-refractivity contribution in [2.45, 2.75) is 13.0 Å². The molecule has 2 heteroatoms. The summed E-state index contributed by atoms with van der Waals surface area (Å²) in [4.78, 5) is 0. The van der Waals surface area contributed by atoms with E-state index in [9.17, 15) is 0 Å². The molecule has 2 atom stereocenters. The van der Waals surface area contributed by atoms with Gasteiger partial charge in [0.15, 0.2) is 0 Å². The molecule has 12 heavy (non-hydrogen) atoms. The van der Waals surface area contributed by atoms with Crippen molar-refractivity contribution in [3.8, 4) is 0 Å². The van der Waals surface area contributed by atoms with Crippen LogP contribution in [-0.2, 0) is 0 Å². The molecule has 0 radical (unpaired) electrons. The van der Waals surface area contributed by atoms with Crippen LogP contribution >= 0.6 is 9.24 Å². The van der Waals surface area contributed by atoms with Crippen molar-refractivity contribution < 1.29 is 0 Å². The Labute approximate surface area is 76.8 Å². The number of nitrogens with one attached hydrogen (secondary N) is 1. The molecule has 1 unspecified atom stereocenters. The van der Waals surface area contributed by atoms with Crippen LogP contribution in [0.5, 0.6) is 0 Å². The molecule has 0 saturated heterocycles. The van der Waals surface area contributed by atoms with Gasteiger partial charge in [-0.15, -0.1) is 9.24 Å². The minimum Gasteiger partial charge on any atom is -0.310 e. The molecule has 1 nitrogen and oxygen atoms in total. The molecule has 0 fully saturated rings. The van der Waals surface area contributed by atoms with Gasteiger partial charge >= 0.3 is 0 Å². The molecule has 0 spiro atoms. The summed E-state index contributed by atoms with van der Waals surface area (Å²) in [6, 6.07) is 11.0. The van der Waals surface area contributed by atoms with Gasteiger partial charge in [-0.05, 0) is 25.2 Å². The summed E-state index contributed by atoms with van der Waals surface area (Å²) in [5.41, 5.74) is 1.36. The van der Waals surface area contributed by atoms with E-state index in [1.54, 1.807) is 0 Å². The van der Waals surface area contributed by atoms with E-state index in [4.69, 9.17) is 0 Å². The summed E-state index contributed by atoms with van der Waals surface area (Å²) in [5, 5.41) is 3.43. The first-order chi connectivity index (χ1) is 5.84. The van der Waals surface area contributed by atoms with Crippen molar-refractivity contribution in [1.82, 2.24) is 5.32 Å². The topological polar surface area (TPSA) is 12.0 Å². The van der Waals surface area contributed by atoms with Crippen molar-refractivity contribution in [3.63, 3.8) is 0 Å². The molecule has 0 aliphatic heterocycles. The molecule has 0 aromatic heterocycles. The smallest absolute Gasteiger partial charge is 0.0291 e. The summed E-state index contributed by atoms with van der Waals surface area (Å²) in [5.74, 6) is 0. The lowest BCUT2D eigenvalue weighted by Gasteiger charge is -2.12. The van der Waals surface area contributed by atoms with Crippen molar-refractivity contribution in [1.29, 1.82) is 0 Å². The molecule has 1 N–H and O–H groups in total. The predicted octanol–water partition coefficient (Wildman–Crippen LogP) is 2.21. The van der Waals surface area contributed by atoms with Gasteiger partial charge in [0.2, 0.25) is 0 Å². The summed E-state index contributed by atoms with van der Waals surface area (Å²) in [6.07, 6.45) is 1.11. The molecule has 0 aliphatic carbocycles. The Hall–Kier alpha value is -0.390. The van der Waals surface area contributed by atoms with Gasteiger partial charge in [-0.25, -0.2) is 0 Å². The lowest BCUT2D eigenvalue weighted by Crippen LogP contribution is -2.20. The van der Waals surface area contributed by atoms with Crippen LogP contribution in [0.25, 0.3) is 0 Å². The second-order valence-electron chi connectivity index (χ2n) is 2.88. The van der Waals surface area contributed by atoms with Crippen LogP contribution in [0.2, 0.25) is 0 Å². The van der Waals surface area contributed by atoms with E-state index >= 15 is 0 Å². The first-order valence-corrected chi connectivity index (χ1v) is 5.14. The van der Waals surface area contributed by atoms with Gasteiger partial charge in [0.05, 0.1) is 0 Å². The molecule has 1 aromatic carbocycles. The molecule has 66 valence electrons. The Bertz CT molecular complexity index is 210. The second-order valence-corrected chi connectivity index (χ2v) is 3.45. The number of benzene rings is 1. The minimum atomic E-state index is 0.465. The van der Waals surface area contributed by atoms with Gasteiger partial charge in [-0.1, -0.05) is 30.3 Å². The summed E-state index contributed by atoms with van der Waals surface area (Å²) < 4.78 is 0.